The summed E-state index contributed by atoms with van der Waals surface area (Å²) in [4.78, 5) is 11.7. The Balaban J connectivity index is 0.00000182. The molecule has 0 aliphatic heterocycles. The first kappa shape index (κ1) is 15.1. The van der Waals surface area contributed by atoms with Crippen molar-refractivity contribution in [1.29, 1.82) is 0 Å². The van der Waals surface area contributed by atoms with Crippen LogP contribution in [0.5, 0.6) is 0 Å². The smallest absolute Gasteiger partial charge is 0.307 e. The van der Waals surface area contributed by atoms with Crippen LogP contribution < -0.4 is 0 Å². The molecule has 0 amide bonds. The molecule has 1 aromatic heterocycles. The van der Waals surface area contributed by atoms with E-state index in [2.05, 4.69) is 18.1 Å². The van der Waals surface area contributed by atoms with Crippen molar-refractivity contribution >= 4 is 12.0 Å². The number of hydrogen-bond acceptors (Lipinski definition) is 2. The molecule has 1 heterocycles. The summed E-state index contributed by atoms with van der Waals surface area (Å²) >= 11 is 0. The minimum absolute atomic E-state index is 0. The van der Waals surface area contributed by atoms with Gasteiger partial charge in [0, 0.05) is 6.84 Å². The molecule has 2 atom stereocenters. The highest BCUT2D eigenvalue weighted by Crippen LogP contribution is 2.51. The van der Waals surface area contributed by atoms with E-state index in [9.17, 15) is 14.3 Å². The summed E-state index contributed by atoms with van der Waals surface area (Å²) in [6.07, 6.45) is 7.15. The van der Waals surface area contributed by atoms with Crippen LogP contribution in [-0.2, 0) is 11.2 Å². The summed E-state index contributed by atoms with van der Waals surface area (Å²) < 4.78 is 15.0. The maximum Gasteiger partial charge on any atom is 0.307 e. The van der Waals surface area contributed by atoms with E-state index in [1.165, 1.54) is 17.7 Å². The van der Waals surface area contributed by atoms with Crippen molar-refractivity contribution in [1.82, 2.24) is 9.78 Å². The number of allylic oxidation sites excluding steroid dienone is 1. The lowest BCUT2D eigenvalue weighted by atomic mass is 9.60. The van der Waals surface area contributed by atoms with Crippen LogP contribution in [0.15, 0.2) is 36.0 Å². The number of hydrogen-bond donors (Lipinski definition) is 1. The van der Waals surface area contributed by atoms with E-state index in [1.54, 1.807) is 12.1 Å². The van der Waals surface area contributed by atoms with Gasteiger partial charge in [0.25, 0.3) is 0 Å². The van der Waals surface area contributed by atoms with E-state index in [0.29, 0.717) is 6.42 Å². The maximum absolute atomic E-state index is 13.2. The number of aliphatic carboxylic acids is 1. The van der Waals surface area contributed by atoms with E-state index < -0.39 is 5.97 Å². The van der Waals surface area contributed by atoms with Gasteiger partial charge in [0.15, 0.2) is 0 Å². The average Bonchev–Trinajstić information content (AvgIpc) is 2.94. The van der Waals surface area contributed by atoms with E-state index >= 15 is 0 Å². The predicted molar refractivity (Wildman–Crippen MR) is 90.4 cm³/mol. The second kappa shape index (κ2) is 5.30. The molecule has 5 heteroatoms. The highest BCUT2D eigenvalue weighted by molar-refractivity contribution is 5.74. The number of halogens is 1. The standard InChI is InChI=1S/C19H19FN2O2.H2/c1-19-10-12-11-21-22(15-7-5-14(20)6-8-15)17(12)9-13(19)3-2-4-16(19)18(23)24;/h5-9,11,16H,2-4,10H2,1H3,(H,23,24);1H. The third kappa shape index (κ3) is 2.19. The topological polar surface area (TPSA) is 55.1 Å². The molecule has 2 unspecified atom stereocenters. The van der Waals surface area contributed by atoms with Gasteiger partial charge in [0.2, 0.25) is 0 Å². The summed E-state index contributed by atoms with van der Waals surface area (Å²) in [5, 5.41) is 14.1. The number of carboxylic acids is 1. The fourth-order valence-electron chi connectivity index (χ4n) is 4.22. The SMILES string of the molecule is CC12Cc3cnn(-c4ccc(F)cc4)c3C=C1CCCC2C(=O)O.[HH]. The summed E-state index contributed by atoms with van der Waals surface area (Å²) in [6, 6.07) is 6.25. The highest BCUT2D eigenvalue weighted by Gasteiger charge is 2.46. The Morgan fingerprint density at radius 3 is 2.88 bits per heavy atom. The van der Waals surface area contributed by atoms with Crippen LogP contribution in [0.1, 0.15) is 38.9 Å². The van der Waals surface area contributed by atoms with Crippen LogP contribution >= 0.6 is 0 Å². The number of benzene rings is 1. The first-order valence-corrected chi connectivity index (χ1v) is 8.26. The number of aromatic nitrogens is 2. The molecule has 0 bridgehead atoms. The molecule has 2 aliphatic carbocycles. The molecular weight excluding hydrogens is 307 g/mol. The molecule has 2 aromatic rings. The summed E-state index contributed by atoms with van der Waals surface area (Å²) in [5.74, 6) is -1.33. The molecule has 0 saturated heterocycles. The third-order valence-electron chi connectivity index (χ3n) is 5.57. The van der Waals surface area contributed by atoms with Gasteiger partial charge < -0.3 is 5.11 Å². The van der Waals surface area contributed by atoms with Gasteiger partial charge in [-0.3, -0.25) is 4.79 Å². The van der Waals surface area contributed by atoms with Gasteiger partial charge >= 0.3 is 5.97 Å². The summed E-state index contributed by atoms with van der Waals surface area (Å²) in [7, 11) is 0. The molecule has 4 rings (SSSR count). The minimum atomic E-state index is -0.711. The Hall–Kier alpha value is -2.43. The van der Waals surface area contributed by atoms with Crippen molar-refractivity contribution in [2.75, 3.05) is 0 Å². The molecular formula is C19H21FN2O2. The van der Waals surface area contributed by atoms with E-state index in [4.69, 9.17) is 0 Å². The van der Waals surface area contributed by atoms with E-state index in [0.717, 1.165) is 36.2 Å². The monoisotopic (exact) mass is 328 g/mol. The van der Waals surface area contributed by atoms with Gasteiger partial charge in [-0.2, -0.15) is 5.10 Å². The quantitative estimate of drug-likeness (QED) is 0.903. The Kier molecular flexibility index (Phi) is 3.34. The number of fused-ring (bicyclic) bond motifs is 2. The molecule has 1 aromatic carbocycles. The number of carbonyl (C=O) groups is 1. The van der Waals surface area contributed by atoms with Gasteiger partial charge in [-0.1, -0.05) is 12.5 Å². The molecule has 0 radical (unpaired) electrons. The maximum atomic E-state index is 13.2. The zero-order chi connectivity index (χ0) is 16.9. The minimum Gasteiger partial charge on any atom is -0.481 e. The molecule has 1 N–H and O–H groups in total. The van der Waals surface area contributed by atoms with E-state index in [-0.39, 0.29) is 18.6 Å². The van der Waals surface area contributed by atoms with Crippen molar-refractivity contribution in [3.8, 4) is 5.69 Å². The second-order valence-corrected chi connectivity index (χ2v) is 6.99. The number of carboxylic acid groups (broad SMARTS) is 1. The Morgan fingerprint density at radius 1 is 1.42 bits per heavy atom. The lowest BCUT2D eigenvalue weighted by Crippen LogP contribution is -2.41. The van der Waals surface area contributed by atoms with Gasteiger partial charge in [-0.05, 0) is 61.6 Å². The van der Waals surface area contributed by atoms with Crippen molar-refractivity contribution in [2.45, 2.75) is 32.6 Å². The normalized spacial score (nSPS) is 25.6. The van der Waals surface area contributed by atoms with Gasteiger partial charge in [-0.25, -0.2) is 9.07 Å². The first-order valence-electron chi connectivity index (χ1n) is 8.26. The second-order valence-electron chi connectivity index (χ2n) is 6.99. The molecule has 1 fully saturated rings. The molecule has 126 valence electrons. The fourth-order valence-corrected chi connectivity index (χ4v) is 4.22. The first-order chi connectivity index (χ1) is 11.5. The zero-order valence-corrected chi connectivity index (χ0v) is 13.5. The van der Waals surface area contributed by atoms with Crippen molar-refractivity contribution in [3.05, 3.63) is 53.1 Å². The number of nitrogens with zero attached hydrogens (tertiary/aromatic N) is 2. The van der Waals surface area contributed by atoms with Gasteiger partial charge in [0.05, 0.1) is 23.5 Å². The zero-order valence-electron chi connectivity index (χ0n) is 13.5. The van der Waals surface area contributed by atoms with Crippen LogP contribution in [0, 0.1) is 17.2 Å². The van der Waals surface area contributed by atoms with Gasteiger partial charge in [-0.15, -0.1) is 0 Å². The summed E-state index contributed by atoms with van der Waals surface area (Å²) in [5.41, 5.74) is 3.70. The highest BCUT2D eigenvalue weighted by atomic mass is 19.1. The van der Waals surface area contributed by atoms with Crippen molar-refractivity contribution in [2.24, 2.45) is 11.3 Å². The van der Waals surface area contributed by atoms with Crippen LogP contribution in [-0.4, -0.2) is 20.9 Å². The number of rotatable bonds is 2. The Bertz CT molecular complexity index is 844. The van der Waals surface area contributed by atoms with Gasteiger partial charge in [0.1, 0.15) is 5.82 Å². The van der Waals surface area contributed by atoms with E-state index in [1.807, 2.05) is 10.9 Å². The predicted octanol–water partition coefficient (Wildman–Crippen LogP) is 4.09. The fraction of sp³-hybridized carbons (Fsp3) is 0.368. The van der Waals surface area contributed by atoms with Crippen molar-refractivity contribution in [3.63, 3.8) is 0 Å². The summed E-state index contributed by atoms with van der Waals surface area (Å²) in [6.45, 7) is 2.06. The lowest BCUT2D eigenvalue weighted by Gasteiger charge is -2.43. The van der Waals surface area contributed by atoms with Crippen LogP contribution in [0.4, 0.5) is 4.39 Å². The molecule has 24 heavy (non-hydrogen) atoms. The lowest BCUT2D eigenvalue weighted by molar-refractivity contribution is -0.146. The molecule has 1 saturated carbocycles. The van der Waals surface area contributed by atoms with Crippen LogP contribution in [0.2, 0.25) is 0 Å². The average molecular weight is 328 g/mol. The Morgan fingerprint density at radius 2 is 2.17 bits per heavy atom. The third-order valence-corrected chi connectivity index (χ3v) is 5.57. The molecule has 4 nitrogen and oxygen atoms in total. The molecule has 0 spiro atoms. The van der Waals surface area contributed by atoms with Crippen LogP contribution in [0.3, 0.4) is 0 Å². The Labute approximate surface area is 141 Å². The molecule has 2 aliphatic rings. The van der Waals surface area contributed by atoms with Crippen molar-refractivity contribution < 1.29 is 15.7 Å². The van der Waals surface area contributed by atoms with Crippen LogP contribution in [0.25, 0.3) is 11.8 Å². The largest absolute Gasteiger partial charge is 0.481 e.